The minimum atomic E-state index is -0.0798. The van der Waals surface area contributed by atoms with Gasteiger partial charge in [-0.05, 0) is 43.7 Å². The molecular weight excluding hydrogens is 272 g/mol. The maximum Gasteiger partial charge on any atom is 0.0546 e. The average Bonchev–Trinajstić information content (AvgIpc) is 3.19. The van der Waals surface area contributed by atoms with Gasteiger partial charge in [-0.2, -0.15) is 0 Å². The predicted octanol–water partition coefficient (Wildman–Crippen LogP) is 2.80. The van der Waals surface area contributed by atoms with E-state index in [1.807, 2.05) is 12.1 Å². The maximum absolute atomic E-state index is 9.40. The molecule has 20 heavy (non-hydrogen) atoms. The first kappa shape index (κ1) is 14.2. The summed E-state index contributed by atoms with van der Waals surface area (Å²) in [4.78, 5) is 2.28. The minimum absolute atomic E-state index is 0.0798. The summed E-state index contributed by atoms with van der Waals surface area (Å²) in [5.41, 5.74) is 2.41. The third-order valence-electron chi connectivity index (χ3n) is 4.39. The van der Waals surface area contributed by atoms with E-state index in [1.165, 1.54) is 24.1 Å². The molecule has 2 saturated carbocycles. The van der Waals surface area contributed by atoms with E-state index < -0.39 is 0 Å². The standard InChI is InChI=1S/C16H23ClN2O/c1-19(10-11-7-13(20)8-11)16-4-2-3-15(17)14(16)9-18-12-5-6-12/h2-4,11-13,18,20H,5-10H2,1H3. The number of hydrogen-bond donors (Lipinski definition) is 2. The van der Waals surface area contributed by atoms with Crippen molar-refractivity contribution in [2.75, 3.05) is 18.5 Å². The number of rotatable bonds is 6. The van der Waals surface area contributed by atoms with Gasteiger partial charge in [-0.3, -0.25) is 0 Å². The lowest BCUT2D eigenvalue weighted by Gasteiger charge is -2.36. The highest BCUT2D eigenvalue weighted by Gasteiger charge is 2.28. The number of aliphatic hydroxyl groups is 1. The van der Waals surface area contributed by atoms with Crippen LogP contribution in [-0.4, -0.2) is 30.8 Å². The van der Waals surface area contributed by atoms with Crippen molar-refractivity contribution in [1.29, 1.82) is 0 Å². The molecule has 2 fully saturated rings. The summed E-state index contributed by atoms with van der Waals surface area (Å²) < 4.78 is 0. The molecule has 0 heterocycles. The molecule has 0 aliphatic heterocycles. The summed E-state index contributed by atoms with van der Waals surface area (Å²) in [6.45, 7) is 1.84. The van der Waals surface area contributed by atoms with E-state index in [9.17, 15) is 5.11 Å². The van der Waals surface area contributed by atoms with Gasteiger partial charge in [-0.15, -0.1) is 0 Å². The van der Waals surface area contributed by atoms with Gasteiger partial charge in [0.1, 0.15) is 0 Å². The Morgan fingerprint density at radius 1 is 1.35 bits per heavy atom. The summed E-state index contributed by atoms with van der Waals surface area (Å²) in [5, 5.41) is 13.8. The zero-order valence-corrected chi connectivity index (χ0v) is 12.7. The van der Waals surface area contributed by atoms with Crippen LogP contribution in [0.4, 0.5) is 5.69 Å². The Morgan fingerprint density at radius 3 is 2.75 bits per heavy atom. The van der Waals surface area contributed by atoms with E-state index in [0.29, 0.717) is 12.0 Å². The van der Waals surface area contributed by atoms with Gasteiger partial charge < -0.3 is 15.3 Å². The molecule has 0 aromatic heterocycles. The smallest absolute Gasteiger partial charge is 0.0546 e. The van der Waals surface area contributed by atoms with E-state index in [4.69, 9.17) is 11.6 Å². The van der Waals surface area contributed by atoms with Crippen LogP contribution in [0, 0.1) is 5.92 Å². The van der Waals surface area contributed by atoms with Crippen molar-refractivity contribution >= 4 is 17.3 Å². The third-order valence-corrected chi connectivity index (χ3v) is 4.75. The fourth-order valence-electron chi connectivity index (χ4n) is 2.95. The van der Waals surface area contributed by atoms with Crippen molar-refractivity contribution in [3.05, 3.63) is 28.8 Å². The fourth-order valence-corrected chi connectivity index (χ4v) is 3.19. The Morgan fingerprint density at radius 2 is 2.10 bits per heavy atom. The molecule has 0 unspecified atom stereocenters. The van der Waals surface area contributed by atoms with Crippen molar-refractivity contribution < 1.29 is 5.11 Å². The number of hydrogen-bond acceptors (Lipinski definition) is 3. The van der Waals surface area contributed by atoms with Crippen molar-refractivity contribution in [2.45, 2.75) is 44.4 Å². The van der Waals surface area contributed by atoms with Crippen molar-refractivity contribution in [1.82, 2.24) is 5.32 Å². The van der Waals surface area contributed by atoms with Gasteiger partial charge >= 0.3 is 0 Å². The monoisotopic (exact) mass is 294 g/mol. The number of nitrogens with zero attached hydrogens (tertiary/aromatic N) is 1. The lowest BCUT2D eigenvalue weighted by molar-refractivity contribution is 0.0464. The highest BCUT2D eigenvalue weighted by atomic mass is 35.5. The van der Waals surface area contributed by atoms with E-state index in [-0.39, 0.29) is 6.10 Å². The Hall–Kier alpha value is -0.770. The Bertz CT molecular complexity index is 470. The molecule has 2 aliphatic rings. The van der Waals surface area contributed by atoms with Crippen LogP contribution in [0.2, 0.25) is 5.02 Å². The second-order valence-electron chi connectivity index (χ2n) is 6.26. The molecule has 2 N–H and O–H groups in total. The molecular formula is C16H23ClN2O. The summed E-state index contributed by atoms with van der Waals surface area (Å²) in [7, 11) is 2.12. The molecule has 3 nitrogen and oxygen atoms in total. The van der Waals surface area contributed by atoms with Crippen LogP contribution in [-0.2, 0) is 6.54 Å². The highest BCUT2D eigenvalue weighted by Crippen LogP contribution is 2.32. The summed E-state index contributed by atoms with van der Waals surface area (Å²) in [6, 6.07) is 6.82. The quantitative estimate of drug-likeness (QED) is 0.847. The largest absolute Gasteiger partial charge is 0.393 e. The van der Waals surface area contributed by atoms with Crippen LogP contribution < -0.4 is 10.2 Å². The van der Waals surface area contributed by atoms with Crippen LogP contribution in [0.3, 0.4) is 0 Å². The van der Waals surface area contributed by atoms with Crippen LogP contribution >= 0.6 is 11.6 Å². The summed E-state index contributed by atoms with van der Waals surface area (Å²) >= 11 is 6.38. The van der Waals surface area contributed by atoms with Crippen LogP contribution in [0.15, 0.2) is 18.2 Å². The first-order valence-electron chi connectivity index (χ1n) is 7.53. The first-order valence-corrected chi connectivity index (χ1v) is 7.91. The molecule has 3 rings (SSSR count). The Balaban J connectivity index is 1.67. The fraction of sp³-hybridized carbons (Fsp3) is 0.625. The second kappa shape index (κ2) is 5.92. The molecule has 2 aliphatic carbocycles. The number of aliphatic hydroxyl groups excluding tert-OH is 1. The zero-order valence-electron chi connectivity index (χ0n) is 12.0. The number of benzene rings is 1. The predicted molar refractivity (Wildman–Crippen MR) is 83.3 cm³/mol. The Kier molecular flexibility index (Phi) is 4.20. The molecule has 0 spiro atoms. The average molecular weight is 295 g/mol. The van der Waals surface area contributed by atoms with Gasteiger partial charge in [0, 0.05) is 42.5 Å². The van der Waals surface area contributed by atoms with Crippen LogP contribution in [0.25, 0.3) is 0 Å². The zero-order chi connectivity index (χ0) is 14.1. The van der Waals surface area contributed by atoms with Crippen LogP contribution in [0.1, 0.15) is 31.2 Å². The van der Waals surface area contributed by atoms with E-state index in [0.717, 1.165) is 31.0 Å². The van der Waals surface area contributed by atoms with Gasteiger partial charge in [0.05, 0.1) is 6.10 Å². The van der Waals surface area contributed by atoms with Gasteiger partial charge in [0.15, 0.2) is 0 Å². The number of anilines is 1. The molecule has 0 saturated heterocycles. The Labute approximate surface area is 125 Å². The lowest BCUT2D eigenvalue weighted by atomic mass is 9.82. The third kappa shape index (κ3) is 3.27. The molecule has 1 aromatic rings. The minimum Gasteiger partial charge on any atom is -0.393 e. The second-order valence-corrected chi connectivity index (χ2v) is 6.67. The highest BCUT2D eigenvalue weighted by molar-refractivity contribution is 6.31. The van der Waals surface area contributed by atoms with Gasteiger partial charge in [0.25, 0.3) is 0 Å². The van der Waals surface area contributed by atoms with E-state index in [1.54, 1.807) is 0 Å². The molecule has 4 heteroatoms. The first-order chi connectivity index (χ1) is 9.63. The van der Waals surface area contributed by atoms with Crippen molar-refractivity contribution in [3.63, 3.8) is 0 Å². The number of nitrogens with one attached hydrogen (secondary N) is 1. The van der Waals surface area contributed by atoms with E-state index in [2.05, 4.69) is 23.3 Å². The molecule has 1 aromatic carbocycles. The van der Waals surface area contributed by atoms with Gasteiger partial charge in [0.2, 0.25) is 0 Å². The normalized spacial score (nSPS) is 25.4. The SMILES string of the molecule is CN(CC1CC(O)C1)c1cccc(Cl)c1CNC1CC1. The molecule has 110 valence electrons. The van der Waals surface area contributed by atoms with E-state index >= 15 is 0 Å². The number of halogens is 1. The lowest BCUT2D eigenvalue weighted by Crippen LogP contribution is -2.37. The van der Waals surface area contributed by atoms with Gasteiger partial charge in [-0.1, -0.05) is 17.7 Å². The summed E-state index contributed by atoms with van der Waals surface area (Å²) in [6.07, 6.45) is 4.36. The maximum atomic E-state index is 9.40. The molecule has 0 atom stereocenters. The van der Waals surface area contributed by atoms with Gasteiger partial charge in [-0.25, -0.2) is 0 Å². The molecule has 0 bridgehead atoms. The molecule has 0 radical (unpaired) electrons. The summed E-state index contributed by atoms with van der Waals surface area (Å²) in [5.74, 6) is 0.609. The van der Waals surface area contributed by atoms with Crippen molar-refractivity contribution in [3.8, 4) is 0 Å². The van der Waals surface area contributed by atoms with Crippen LogP contribution in [0.5, 0.6) is 0 Å². The topological polar surface area (TPSA) is 35.5 Å². The molecule has 0 amide bonds. The van der Waals surface area contributed by atoms with Crippen molar-refractivity contribution in [2.24, 2.45) is 5.92 Å².